The van der Waals surface area contributed by atoms with Gasteiger partial charge in [0.1, 0.15) is 0 Å². The van der Waals surface area contributed by atoms with Crippen LogP contribution < -0.4 is 5.73 Å². The SMILES string of the molecule is CCn1cc(N)c(C(=O)N2CC=C(C(C)(C)C)CC2)n1. The van der Waals surface area contributed by atoms with Crippen molar-refractivity contribution < 1.29 is 4.79 Å². The highest BCUT2D eigenvalue weighted by Gasteiger charge is 2.26. The van der Waals surface area contributed by atoms with Gasteiger partial charge < -0.3 is 10.6 Å². The number of nitrogens with two attached hydrogens (primary N) is 1. The van der Waals surface area contributed by atoms with E-state index < -0.39 is 0 Å². The van der Waals surface area contributed by atoms with Gasteiger partial charge in [0.25, 0.3) is 5.91 Å². The van der Waals surface area contributed by atoms with Crippen molar-refractivity contribution in [3.05, 3.63) is 23.5 Å². The first-order valence-corrected chi connectivity index (χ1v) is 7.14. The fraction of sp³-hybridized carbons (Fsp3) is 0.600. The number of hydrogen-bond donors (Lipinski definition) is 1. The van der Waals surface area contributed by atoms with Gasteiger partial charge in [-0.15, -0.1) is 0 Å². The van der Waals surface area contributed by atoms with Crippen molar-refractivity contribution in [1.82, 2.24) is 14.7 Å². The number of amides is 1. The van der Waals surface area contributed by atoms with Gasteiger partial charge in [-0.2, -0.15) is 5.10 Å². The van der Waals surface area contributed by atoms with Gasteiger partial charge in [-0.3, -0.25) is 9.48 Å². The van der Waals surface area contributed by atoms with Gasteiger partial charge in [0.15, 0.2) is 5.69 Å². The van der Waals surface area contributed by atoms with E-state index in [2.05, 4.69) is 31.9 Å². The van der Waals surface area contributed by atoms with Crippen molar-refractivity contribution >= 4 is 11.6 Å². The molecule has 2 heterocycles. The summed E-state index contributed by atoms with van der Waals surface area (Å²) in [6.45, 7) is 10.7. The molecule has 2 rings (SSSR count). The second kappa shape index (κ2) is 5.31. The van der Waals surface area contributed by atoms with E-state index in [0.717, 1.165) is 13.0 Å². The lowest BCUT2D eigenvalue weighted by atomic mass is 9.83. The summed E-state index contributed by atoms with van der Waals surface area (Å²) in [6.07, 6.45) is 4.80. The average molecular weight is 276 g/mol. The van der Waals surface area contributed by atoms with Crippen LogP contribution in [0.1, 0.15) is 44.6 Å². The monoisotopic (exact) mass is 276 g/mol. The number of nitrogens with zero attached hydrogens (tertiary/aromatic N) is 3. The van der Waals surface area contributed by atoms with E-state index in [1.54, 1.807) is 10.9 Å². The Morgan fingerprint density at radius 2 is 2.15 bits per heavy atom. The first-order valence-electron chi connectivity index (χ1n) is 7.14. The Morgan fingerprint density at radius 1 is 1.45 bits per heavy atom. The topological polar surface area (TPSA) is 64.2 Å². The molecule has 1 aromatic rings. The quantitative estimate of drug-likeness (QED) is 0.843. The highest BCUT2D eigenvalue weighted by Crippen LogP contribution is 2.30. The highest BCUT2D eigenvalue weighted by molar-refractivity contribution is 5.97. The molecule has 5 heteroatoms. The maximum absolute atomic E-state index is 12.4. The lowest BCUT2D eigenvalue weighted by molar-refractivity contribution is 0.0759. The van der Waals surface area contributed by atoms with Crippen LogP contribution in [0.5, 0.6) is 0 Å². The van der Waals surface area contributed by atoms with Crippen LogP contribution in [0.4, 0.5) is 5.69 Å². The first-order chi connectivity index (χ1) is 9.32. The predicted octanol–water partition coefficient (Wildman–Crippen LogP) is 2.30. The molecule has 0 saturated heterocycles. The van der Waals surface area contributed by atoms with Gasteiger partial charge in [-0.1, -0.05) is 32.4 Å². The Morgan fingerprint density at radius 3 is 2.60 bits per heavy atom. The summed E-state index contributed by atoms with van der Waals surface area (Å²) in [4.78, 5) is 14.3. The van der Waals surface area contributed by atoms with Crippen molar-refractivity contribution in [2.75, 3.05) is 18.8 Å². The Bertz CT molecular complexity index is 537. The van der Waals surface area contributed by atoms with Gasteiger partial charge in [0.05, 0.1) is 5.69 Å². The molecular formula is C15H24N4O. The second-order valence-corrected chi connectivity index (χ2v) is 6.27. The third-order valence-electron chi connectivity index (χ3n) is 3.78. The fourth-order valence-electron chi connectivity index (χ4n) is 2.45. The van der Waals surface area contributed by atoms with Crippen molar-refractivity contribution in [3.63, 3.8) is 0 Å². The Kier molecular flexibility index (Phi) is 3.88. The third-order valence-corrected chi connectivity index (χ3v) is 3.78. The molecule has 5 nitrogen and oxygen atoms in total. The van der Waals surface area contributed by atoms with E-state index >= 15 is 0 Å². The molecule has 1 aliphatic rings. The molecule has 0 radical (unpaired) electrons. The van der Waals surface area contributed by atoms with Crippen LogP contribution in [-0.4, -0.2) is 33.7 Å². The fourth-order valence-corrected chi connectivity index (χ4v) is 2.45. The molecule has 0 saturated carbocycles. The van der Waals surface area contributed by atoms with Gasteiger partial charge in [0, 0.05) is 25.8 Å². The van der Waals surface area contributed by atoms with E-state index in [9.17, 15) is 4.79 Å². The van der Waals surface area contributed by atoms with Gasteiger partial charge >= 0.3 is 0 Å². The average Bonchev–Trinajstić information content (AvgIpc) is 2.78. The summed E-state index contributed by atoms with van der Waals surface area (Å²) in [5.41, 5.74) is 8.30. The summed E-state index contributed by atoms with van der Waals surface area (Å²) in [5.74, 6) is -0.0705. The first kappa shape index (κ1) is 14.6. The third kappa shape index (κ3) is 2.86. The molecule has 0 fully saturated rings. The summed E-state index contributed by atoms with van der Waals surface area (Å²) in [6, 6.07) is 0. The molecule has 2 N–H and O–H groups in total. The van der Waals surface area contributed by atoms with Crippen molar-refractivity contribution in [2.24, 2.45) is 5.41 Å². The number of aryl methyl sites for hydroxylation is 1. The molecule has 1 amide bonds. The van der Waals surface area contributed by atoms with Crippen LogP contribution >= 0.6 is 0 Å². The standard InChI is InChI=1S/C15H24N4O/c1-5-19-10-12(16)13(17-19)14(20)18-8-6-11(7-9-18)15(2,3)4/h6,10H,5,7-9,16H2,1-4H3. The van der Waals surface area contributed by atoms with Crippen LogP contribution in [0.3, 0.4) is 0 Å². The molecule has 20 heavy (non-hydrogen) atoms. The van der Waals surface area contributed by atoms with E-state index in [4.69, 9.17) is 5.73 Å². The number of carbonyl (C=O) groups is 1. The predicted molar refractivity (Wildman–Crippen MR) is 80.4 cm³/mol. The number of hydrogen-bond acceptors (Lipinski definition) is 3. The number of nitrogen functional groups attached to an aromatic ring is 1. The van der Waals surface area contributed by atoms with Gasteiger partial charge in [0.2, 0.25) is 0 Å². The van der Waals surface area contributed by atoms with E-state index in [-0.39, 0.29) is 11.3 Å². The molecule has 0 spiro atoms. The summed E-state index contributed by atoms with van der Waals surface area (Å²) in [7, 11) is 0. The molecule has 1 aliphatic heterocycles. The lowest BCUT2D eigenvalue weighted by Gasteiger charge is -2.31. The van der Waals surface area contributed by atoms with E-state index in [1.807, 2.05) is 11.8 Å². The van der Waals surface area contributed by atoms with Crippen LogP contribution in [0, 0.1) is 5.41 Å². The maximum Gasteiger partial charge on any atom is 0.276 e. The molecule has 0 unspecified atom stereocenters. The number of carbonyl (C=O) groups excluding carboxylic acids is 1. The smallest absolute Gasteiger partial charge is 0.276 e. The summed E-state index contributed by atoms with van der Waals surface area (Å²) in [5, 5.41) is 4.25. The van der Waals surface area contributed by atoms with Crippen LogP contribution in [0.25, 0.3) is 0 Å². The van der Waals surface area contributed by atoms with E-state index in [0.29, 0.717) is 24.5 Å². The summed E-state index contributed by atoms with van der Waals surface area (Å²) >= 11 is 0. The van der Waals surface area contributed by atoms with Crippen molar-refractivity contribution in [1.29, 1.82) is 0 Å². The second-order valence-electron chi connectivity index (χ2n) is 6.27. The molecule has 0 aliphatic carbocycles. The Hall–Kier alpha value is -1.78. The zero-order valence-electron chi connectivity index (χ0n) is 12.8. The van der Waals surface area contributed by atoms with Crippen molar-refractivity contribution in [3.8, 4) is 0 Å². The minimum atomic E-state index is -0.0705. The molecule has 0 aromatic carbocycles. The zero-order valence-corrected chi connectivity index (χ0v) is 12.8. The van der Waals surface area contributed by atoms with Crippen LogP contribution in [0.2, 0.25) is 0 Å². The highest BCUT2D eigenvalue weighted by atomic mass is 16.2. The summed E-state index contributed by atoms with van der Waals surface area (Å²) < 4.78 is 1.70. The van der Waals surface area contributed by atoms with Crippen LogP contribution in [0.15, 0.2) is 17.8 Å². The molecule has 0 atom stereocenters. The van der Waals surface area contributed by atoms with Crippen LogP contribution in [-0.2, 0) is 6.54 Å². The largest absolute Gasteiger partial charge is 0.396 e. The van der Waals surface area contributed by atoms with E-state index in [1.165, 1.54) is 5.57 Å². The molecule has 0 bridgehead atoms. The number of rotatable bonds is 2. The lowest BCUT2D eigenvalue weighted by Crippen LogP contribution is -2.37. The van der Waals surface area contributed by atoms with Gasteiger partial charge in [-0.25, -0.2) is 0 Å². The minimum Gasteiger partial charge on any atom is -0.396 e. The molecule has 1 aromatic heterocycles. The zero-order chi connectivity index (χ0) is 14.9. The van der Waals surface area contributed by atoms with Crippen molar-refractivity contribution in [2.45, 2.75) is 40.7 Å². The molecule has 110 valence electrons. The number of anilines is 1. The normalized spacial score (nSPS) is 16.2. The van der Waals surface area contributed by atoms with Gasteiger partial charge in [-0.05, 0) is 18.8 Å². The Labute approximate surface area is 120 Å². The molecular weight excluding hydrogens is 252 g/mol. The Balaban J connectivity index is 2.12. The maximum atomic E-state index is 12.4. The number of aromatic nitrogens is 2. The minimum absolute atomic E-state index is 0.0705.